The van der Waals surface area contributed by atoms with Crippen molar-refractivity contribution in [3.05, 3.63) is 72.1 Å². The van der Waals surface area contributed by atoms with Crippen LogP contribution in [0, 0.1) is 0 Å². The molecule has 3 aromatic rings. The summed E-state index contributed by atoms with van der Waals surface area (Å²) in [6, 6.07) is 17.1. The van der Waals surface area contributed by atoms with Gasteiger partial charge in [-0.1, -0.05) is 37.3 Å². The molecule has 0 spiro atoms. The predicted octanol–water partition coefficient (Wildman–Crippen LogP) is 2.58. The minimum absolute atomic E-state index is 0.0625. The van der Waals surface area contributed by atoms with E-state index in [-0.39, 0.29) is 23.8 Å². The summed E-state index contributed by atoms with van der Waals surface area (Å²) >= 11 is 0. The first-order valence-corrected chi connectivity index (χ1v) is 10.6. The Morgan fingerprint density at radius 2 is 1.77 bits per heavy atom. The van der Waals surface area contributed by atoms with Gasteiger partial charge in [-0.15, -0.1) is 5.10 Å². The van der Waals surface area contributed by atoms with Crippen LogP contribution in [0.5, 0.6) is 0 Å². The van der Waals surface area contributed by atoms with Crippen molar-refractivity contribution in [2.45, 2.75) is 38.1 Å². The van der Waals surface area contributed by atoms with Crippen molar-refractivity contribution in [2.24, 2.45) is 0 Å². The molecule has 8 heteroatoms. The average Bonchev–Trinajstić information content (AvgIpc) is 3.36. The number of hydrogen-bond acceptors (Lipinski definition) is 5. The van der Waals surface area contributed by atoms with E-state index in [2.05, 4.69) is 20.8 Å². The lowest BCUT2D eigenvalue weighted by Gasteiger charge is -2.34. The van der Waals surface area contributed by atoms with Crippen LogP contribution in [0.15, 0.2) is 60.9 Å². The number of nitrogens with zero attached hydrogens (tertiary/aromatic N) is 5. The zero-order valence-corrected chi connectivity index (χ0v) is 17.5. The van der Waals surface area contributed by atoms with Crippen molar-refractivity contribution in [1.82, 2.24) is 30.4 Å². The third-order valence-electron chi connectivity index (χ3n) is 5.79. The van der Waals surface area contributed by atoms with Crippen LogP contribution in [0.4, 0.5) is 0 Å². The number of tetrazole rings is 1. The monoisotopic (exact) mass is 418 g/mol. The van der Waals surface area contributed by atoms with Crippen LogP contribution in [-0.2, 0) is 4.79 Å². The number of piperidine rings is 1. The highest BCUT2D eigenvalue weighted by atomic mass is 16.2. The first-order chi connectivity index (χ1) is 15.2. The van der Waals surface area contributed by atoms with Crippen LogP contribution in [-0.4, -0.2) is 56.1 Å². The second-order valence-electron chi connectivity index (χ2n) is 7.75. The third kappa shape index (κ3) is 4.79. The molecular formula is C23H26N6O2. The highest BCUT2D eigenvalue weighted by Gasteiger charge is 2.28. The van der Waals surface area contributed by atoms with Crippen LogP contribution < -0.4 is 5.32 Å². The lowest BCUT2D eigenvalue weighted by Crippen LogP contribution is -2.47. The van der Waals surface area contributed by atoms with E-state index in [4.69, 9.17) is 0 Å². The fourth-order valence-corrected chi connectivity index (χ4v) is 4.02. The molecule has 1 aliphatic heterocycles. The minimum Gasteiger partial charge on any atom is -0.349 e. The summed E-state index contributed by atoms with van der Waals surface area (Å²) in [6.45, 7) is 3.36. The van der Waals surface area contributed by atoms with Crippen molar-refractivity contribution < 1.29 is 9.59 Å². The van der Waals surface area contributed by atoms with Gasteiger partial charge in [0, 0.05) is 24.7 Å². The molecule has 0 radical (unpaired) electrons. The maximum atomic E-state index is 13.0. The second-order valence-corrected chi connectivity index (χ2v) is 7.75. The predicted molar refractivity (Wildman–Crippen MR) is 116 cm³/mol. The Balaban J connectivity index is 1.30. The topological polar surface area (TPSA) is 93.0 Å². The van der Waals surface area contributed by atoms with E-state index in [1.54, 1.807) is 24.3 Å². The zero-order chi connectivity index (χ0) is 21.6. The number of rotatable bonds is 6. The smallest absolute Gasteiger partial charge is 0.251 e. The molecule has 1 atom stereocenters. The molecule has 2 amide bonds. The van der Waals surface area contributed by atoms with Gasteiger partial charge in [0.05, 0.1) is 11.6 Å². The molecule has 2 heterocycles. The minimum atomic E-state index is -0.108. The van der Waals surface area contributed by atoms with E-state index in [0.29, 0.717) is 18.7 Å². The van der Waals surface area contributed by atoms with Crippen LogP contribution in [0.3, 0.4) is 0 Å². The zero-order valence-electron chi connectivity index (χ0n) is 17.5. The molecule has 1 N–H and O–H groups in total. The third-order valence-corrected chi connectivity index (χ3v) is 5.79. The Bertz CT molecular complexity index is 996. The summed E-state index contributed by atoms with van der Waals surface area (Å²) in [5.74, 6) is -0.0357. The van der Waals surface area contributed by atoms with Gasteiger partial charge in [-0.2, -0.15) is 0 Å². The lowest BCUT2D eigenvalue weighted by molar-refractivity contribution is -0.134. The molecule has 0 saturated carbocycles. The average molecular weight is 419 g/mol. The van der Waals surface area contributed by atoms with Crippen LogP contribution in [0.2, 0.25) is 0 Å². The number of likely N-dealkylation sites (tertiary alicyclic amines) is 1. The molecule has 1 saturated heterocycles. The number of benzene rings is 2. The molecule has 8 nitrogen and oxygen atoms in total. The molecule has 1 unspecified atom stereocenters. The molecule has 1 aliphatic rings. The number of aromatic nitrogens is 4. The largest absolute Gasteiger partial charge is 0.349 e. The van der Waals surface area contributed by atoms with Crippen molar-refractivity contribution in [3.63, 3.8) is 0 Å². The van der Waals surface area contributed by atoms with Crippen molar-refractivity contribution >= 4 is 11.8 Å². The number of carbonyl (C=O) groups excluding carboxylic acids is 2. The summed E-state index contributed by atoms with van der Waals surface area (Å²) in [4.78, 5) is 27.6. The maximum absolute atomic E-state index is 13.0. The van der Waals surface area contributed by atoms with Crippen molar-refractivity contribution in [1.29, 1.82) is 0 Å². The van der Waals surface area contributed by atoms with E-state index in [9.17, 15) is 9.59 Å². The van der Waals surface area contributed by atoms with Gasteiger partial charge in [0.15, 0.2) is 0 Å². The molecular weight excluding hydrogens is 392 g/mol. The summed E-state index contributed by atoms with van der Waals surface area (Å²) in [5.41, 5.74) is 2.44. The van der Waals surface area contributed by atoms with Gasteiger partial charge in [-0.3, -0.25) is 9.59 Å². The Hall–Kier alpha value is -3.55. The number of amides is 2. The first kappa shape index (κ1) is 20.7. The number of carbonyl (C=O) groups is 2. The fraction of sp³-hybridized carbons (Fsp3) is 0.348. The van der Waals surface area contributed by atoms with Crippen LogP contribution >= 0.6 is 0 Å². The summed E-state index contributed by atoms with van der Waals surface area (Å²) in [6.07, 6.45) is 3.79. The summed E-state index contributed by atoms with van der Waals surface area (Å²) in [5, 5.41) is 14.2. The van der Waals surface area contributed by atoms with E-state index < -0.39 is 0 Å². The fourth-order valence-electron chi connectivity index (χ4n) is 4.02. The van der Waals surface area contributed by atoms with Gasteiger partial charge in [-0.05, 0) is 59.5 Å². The van der Waals surface area contributed by atoms with Crippen LogP contribution in [0.1, 0.15) is 48.0 Å². The second kappa shape index (κ2) is 9.51. The Morgan fingerprint density at radius 1 is 1.06 bits per heavy atom. The Morgan fingerprint density at radius 3 is 2.39 bits per heavy atom. The highest BCUT2D eigenvalue weighted by Crippen LogP contribution is 2.24. The van der Waals surface area contributed by atoms with Gasteiger partial charge >= 0.3 is 0 Å². The molecule has 0 bridgehead atoms. The van der Waals surface area contributed by atoms with E-state index >= 15 is 0 Å². The van der Waals surface area contributed by atoms with E-state index in [1.807, 2.05) is 42.2 Å². The quantitative estimate of drug-likeness (QED) is 0.664. The van der Waals surface area contributed by atoms with Gasteiger partial charge < -0.3 is 10.2 Å². The van der Waals surface area contributed by atoms with Crippen molar-refractivity contribution in [3.8, 4) is 5.69 Å². The Kier molecular flexibility index (Phi) is 6.35. The number of hydrogen-bond donors (Lipinski definition) is 1. The molecule has 160 valence electrons. The molecule has 4 rings (SSSR count). The van der Waals surface area contributed by atoms with Crippen LogP contribution in [0.25, 0.3) is 5.69 Å². The molecule has 2 aromatic carbocycles. The standard InChI is InChI=1S/C23H26N6O2/c1-2-21(17-6-4-3-5-7-17)23(31)28-14-12-19(13-15-28)25-22(30)18-8-10-20(11-9-18)29-16-24-26-27-29/h3-11,16,19,21H,2,12-15H2,1H3,(H,25,30). The van der Waals surface area contributed by atoms with Gasteiger partial charge in [0.2, 0.25) is 5.91 Å². The van der Waals surface area contributed by atoms with Gasteiger partial charge in [0.1, 0.15) is 6.33 Å². The lowest BCUT2D eigenvalue weighted by atomic mass is 9.93. The molecule has 0 aliphatic carbocycles. The van der Waals surface area contributed by atoms with E-state index in [0.717, 1.165) is 30.5 Å². The molecule has 1 fully saturated rings. The first-order valence-electron chi connectivity index (χ1n) is 10.6. The summed E-state index contributed by atoms with van der Waals surface area (Å²) in [7, 11) is 0. The SMILES string of the molecule is CCC(C(=O)N1CCC(NC(=O)c2ccc(-n3cnnn3)cc2)CC1)c1ccccc1. The highest BCUT2D eigenvalue weighted by molar-refractivity contribution is 5.94. The number of nitrogens with one attached hydrogen (secondary N) is 1. The molecule has 1 aromatic heterocycles. The normalized spacial score (nSPS) is 15.5. The van der Waals surface area contributed by atoms with Gasteiger partial charge in [0.25, 0.3) is 5.91 Å². The van der Waals surface area contributed by atoms with Crippen molar-refractivity contribution in [2.75, 3.05) is 13.1 Å². The van der Waals surface area contributed by atoms with E-state index in [1.165, 1.54) is 11.0 Å². The maximum Gasteiger partial charge on any atom is 0.251 e. The molecule has 31 heavy (non-hydrogen) atoms. The van der Waals surface area contributed by atoms with Gasteiger partial charge in [-0.25, -0.2) is 4.68 Å². The Labute approximate surface area is 181 Å². The summed E-state index contributed by atoms with van der Waals surface area (Å²) < 4.78 is 1.54.